The number of carbonyl (C=O) groups is 1. The van der Waals surface area contributed by atoms with Crippen molar-refractivity contribution in [1.29, 1.82) is 0 Å². The van der Waals surface area contributed by atoms with E-state index in [9.17, 15) is 4.79 Å². The first kappa shape index (κ1) is 25.9. The number of ether oxygens (including phenoxy) is 3. The van der Waals surface area contributed by atoms with E-state index in [4.69, 9.17) is 24.2 Å². The summed E-state index contributed by atoms with van der Waals surface area (Å²) in [7, 11) is 3.84. The predicted molar refractivity (Wildman–Crippen MR) is 134 cm³/mol. The lowest BCUT2D eigenvalue weighted by Crippen LogP contribution is -2.57. The molecule has 3 aliphatic rings. The van der Waals surface area contributed by atoms with Crippen LogP contribution in [0.1, 0.15) is 51.3 Å². The maximum Gasteiger partial charge on any atom is 0.410 e. The average molecular weight is 491 g/mol. The number of carbonyl (C=O) groups excluding carboxylic acids is 1. The summed E-state index contributed by atoms with van der Waals surface area (Å²) in [6, 6.07) is 0.833. The van der Waals surface area contributed by atoms with Gasteiger partial charge in [-0.25, -0.2) is 4.79 Å². The van der Waals surface area contributed by atoms with Crippen molar-refractivity contribution >= 4 is 11.9 Å². The van der Waals surface area contributed by atoms with Crippen molar-refractivity contribution in [2.24, 2.45) is 0 Å². The Bertz CT molecular complexity index is 876. The lowest BCUT2D eigenvalue weighted by Gasteiger charge is -2.43. The number of amides is 1. The first-order valence-electron chi connectivity index (χ1n) is 12.9. The van der Waals surface area contributed by atoms with Gasteiger partial charge in [0.2, 0.25) is 0 Å². The quantitative estimate of drug-likeness (QED) is 0.616. The van der Waals surface area contributed by atoms with Crippen LogP contribution >= 0.6 is 0 Å². The molecular weight excluding hydrogens is 448 g/mol. The minimum Gasteiger partial charge on any atom is -0.462 e. The number of methoxy groups -OCH3 is 1. The second kappa shape index (κ2) is 11.3. The average Bonchev–Trinajstić information content (AvgIpc) is 3.24. The molecule has 0 radical (unpaired) electrons. The predicted octanol–water partition coefficient (Wildman–Crippen LogP) is 2.06. The highest BCUT2D eigenvalue weighted by molar-refractivity contribution is 5.69. The first-order chi connectivity index (χ1) is 16.7. The molecule has 1 aromatic rings. The van der Waals surface area contributed by atoms with Gasteiger partial charge in [-0.05, 0) is 66.6 Å². The number of likely N-dealkylation sites (N-methyl/N-ethyl adjacent to an activating group) is 1. The van der Waals surface area contributed by atoms with Crippen LogP contribution in [0.2, 0.25) is 0 Å². The second-order valence-corrected chi connectivity index (χ2v) is 10.8. The zero-order valence-corrected chi connectivity index (χ0v) is 22.0. The van der Waals surface area contributed by atoms with E-state index in [1.165, 1.54) is 12.0 Å². The van der Waals surface area contributed by atoms with E-state index in [1.807, 2.05) is 25.7 Å². The Morgan fingerprint density at radius 1 is 1.17 bits per heavy atom. The Morgan fingerprint density at radius 3 is 2.71 bits per heavy atom. The molecule has 4 rings (SSSR count). The molecule has 35 heavy (non-hydrogen) atoms. The van der Waals surface area contributed by atoms with Gasteiger partial charge >= 0.3 is 12.1 Å². The van der Waals surface area contributed by atoms with Crippen molar-refractivity contribution in [3.63, 3.8) is 0 Å². The van der Waals surface area contributed by atoms with E-state index >= 15 is 0 Å². The highest BCUT2D eigenvalue weighted by Gasteiger charge is 2.35. The smallest absolute Gasteiger partial charge is 0.410 e. The molecule has 10 heteroatoms. The van der Waals surface area contributed by atoms with E-state index in [0.29, 0.717) is 44.9 Å². The fraction of sp³-hybridized carbons (Fsp3) is 0.800. The summed E-state index contributed by atoms with van der Waals surface area (Å²) < 4.78 is 17.2. The van der Waals surface area contributed by atoms with Crippen molar-refractivity contribution in [2.45, 2.75) is 70.7 Å². The van der Waals surface area contributed by atoms with Crippen molar-refractivity contribution in [1.82, 2.24) is 25.1 Å². The number of hydrogen-bond donors (Lipinski definition) is 1. The van der Waals surface area contributed by atoms with E-state index in [-0.39, 0.29) is 12.1 Å². The summed E-state index contributed by atoms with van der Waals surface area (Å²) in [6.45, 7) is 11.5. The standard InChI is InChI=1S/C25H42N6O4/c1-25(2,3)35-24(32)31-13-12-30(16-18(31)9-14-33-5)22-20-8-10-26-15-21(20)27-23(28-22)34-17-19-7-6-11-29(19)4/h18-19,26H,6-17H2,1-5H3. The third-order valence-corrected chi connectivity index (χ3v) is 7.04. The van der Waals surface area contributed by atoms with Gasteiger partial charge in [0.05, 0.1) is 11.7 Å². The fourth-order valence-electron chi connectivity index (χ4n) is 5.11. The van der Waals surface area contributed by atoms with Crippen LogP contribution in [0.5, 0.6) is 6.01 Å². The van der Waals surface area contributed by atoms with E-state index in [0.717, 1.165) is 50.4 Å². The van der Waals surface area contributed by atoms with Gasteiger partial charge < -0.3 is 34.2 Å². The maximum atomic E-state index is 12.9. The molecule has 0 aliphatic carbocycles. The highest BCUT2D eigenvalue weighted by atomic mass is 16.6. The zero-order valence-electron chi connectivity index (χ0n) is 22.0. The lowest BCUT2D eigenvalue weighted by atomic mass is 10.0. The Labute approximate surface area is 209 Å². The van der Waals surface area contributed by atoms with Crippen molar-refractivity contribution < 1.29 is 19.0 Å². The van der Waals surface area contributed by atoms with E-state index < -0.39 is 5.60 Å². The normalized spacial score (nSPS) is 23.3. The number of likely N-dealkylation sites (tertiary alicyclic amines) is 1. The highest BCUT2D eigenvalue weighted by Crippen LogP contribution is 2.29. The molecule has 1 amide bonds. The fourth-order valence-corrected chi connectivity index (χ4v) is 5.11. The molecule has 196 valence electrons. The molecule has 3 aliphatic heterocycles. The van der Waals surface area contributed by atoms with Crippen LogP contribution in [-0.2, 0) is 22.4 Å². The number of fused-ring (bicyclic) bond motifs is 1. The van der Waals surface area contributed by atoms with Gasteiger partial charge in [-0.3, -0.25) is 0 Å². The molecule has 1 aromatic heterocycles. The van der Waals surface area contributed by atoms with Gasteiger partial charge in [-0.1, -0.05) is 0 Å². The van der Waals surface area contributed by atoms with Gasteiger partial charge in [0.15, 0.2) is 0 Å². The van der Waals surface area contributed by atoms with Crippen LogP contribution < -0.4 is 15.0 Å². The van der Waals surface area contributed by atoms with Crippen LogP contribution in [0, 0.1) is 0 Å². The monoisotopic (exact) mass is 490 g/mol. The second-order valence-electron chi connectivity index (χ2n) is 10.8. The van der Waals surface area contributed by atoms with Crippen LogP contribution in [0.4, 0.5) is 10.6 Å². The van der Waals surface area contributed by atoms with Gasteiger partial charge in [-0.2, -0.15) is 9.97 Å². The molecule has 2 atom stereocenters. The molecule has 4 heterocycles. The summed E-state index contributed by atoms with van der Waals surface area (Å²) in [6.07, 6.45) is 3.69. The van der Waals surface area contributed by atoms with Crippen LogP contribution in [0.25, 0.3) is 0 Å². The maximum absolute atomic E-state index is 12.9. The van der Waals surface area contributed by atoms with Gasteiger partial charge in [0, 0.05) is 51.5 Å². The number of nitrogens with zero attached hydrogens (tertiary/aromatic N) is 5. The summed E-state index contributed by atoms with van der Waals surface area (Å²) in [5.74, 6) is 0.942. The number of piperazine rings is 1. The molecule has 2 unspecified atom stereocenters. The Morgan fingerprint density at radius 2 is 2.00 bits per heavy atom. The lowest BCUT2D eigenvalue weighted by molar-refractivity contribution is 0.0105. The summed E-state index contributed by atoms with van der Waals surface area (Å²) >= 11 is 0. The molecule has 0 aromatic carbocycles. The number of nitrogens with one attached hydrogen (secondary N) is 1. The summed E-state index contributed by atoms with van der Waals surface area (Å²) in [4.78, 5) is 29.1. The summed E-state index contributed by atoms with van der Waals surface area (Å²) in [5, 5.41) is 3.42. The van der Waals surface area contributed by atoms with Crippen LogP contribution in [0.3, 0.4) is 0 Å². The van der Waals surface area contributed by atoms with E-state index in [2.05, 4.69) is 22.2 Å². The molecule has 10 nitrogen and oxygen atoms in total. The van der Waals surface area contributed by atoms with E-state index in [1.54, 1.807) is 7.11 Å². The zero-order chi connectivity index (χ0) is 25.0. The Balaban J connectivity index is 1.53. The Kier molecular flexibility index (Phi) is 8.34. The van der Waals surface area contributed by atoms with Crippen molar-refractivity contribution in [3.8, 4) is 6.01 Å². The number of rotatable bonds is 7. The topological polar surface area (TPSA) is 92.3 Å². The number of hydrogen-bond acceptors (Lipinski definition) is 9. The van der Waals surface area contributed by atoms with Crippen LogP contribution in [0.15, 0.2) is 0 Å². The SMILES string of the molecule is COCCC1CN(c2nc(OCC3CCCN3C)nc3c2CCNC3)CCN1C(=O)OC(C)(C)C. The number of anilines is 1. The van der Waals surface area contributed by atoms with Crippen LogP contribution in [-0.4, -0.2) is 104 Å². The summed E-state index contributed by atoms with van der Waals surface area (Å²) in [5.41, 5.74) is 1.67. The van der Waals surface area contributed by atoms with Gasteiger partial charge in [-0.15, -0.1) is 0 Å². The molecule has 0 bridgehead atoms. The molecular formula is C25H42N6O4. The molecule has 2 fully saturated rings. The van der Waals surface area contributed by atoms with Crippen molar-refractivity contribution in [3.05, 3.63) is 11.3 Å². The Hall–Kier alpha value is -2.17. The minimum atomic E-state index is -0.529. The minimum absolute atomic E-state index is 0.0256. The molecule has 0 saturated carbocycles. The molecule has 0 spiro atoms. The molecule has 2 saturated heterocycles. The van der Waals surface area contributed by atoms with Crippen molar-refractivity contribution in [2.75, 3.05) is 65.0 Å². The first-order valence-corrected chi connectivity index (χ1v) is 12.9. The number of aromatic nitrogens is 2. The van der Waals surface area contributed by atoms with Gasteiger partial charge in [0.25, 0.3) is 0 Å². The third-order valence-electron chi connectivity index (χ3n) is 7.04. The third kappa shape index (κ3) is 6.54. The van der Waals surface area contributed by atoms with Gasteiger partial charge in [0.1, 0.15) is 18.0 Å². The molecule has 1 N–H and O–H groups in total. The largest absolute Gasteiger partial charge is 0.462 e.